The van der Waals surface area contributed by atoms with Gasteiger partial charge in [0.25, 0.3) is 0 Å². The molecule has 0 unspecified atom stereocenters. The molecule has 1 aromatic carbocycles. The van der Waals surface area contributed by atoms with Crippen molar-refractivity contribution in [1.82, 2.24) is 3.56 Å². The molecular formula is C11H13NOSe. The Bertz CT molecular complexity index is 516. The van der Waals surface area contributed by atoms with Gasteiger partial charge in [-0.3, -0.25) is 0 Å². The minimum absolute atomic E-state index is 0.0594. The SMILES string of the molecule is CC(C)(C)n1[se]c2ccccc2c1=O. The van der Waals surface area contributed by atoms with Crippen LogP contribution in [-0.4, -0.2) is 18.3 Å². The standard InChI is InChI=1S/C11H13NOSe/c1-11(2,3)12-10(13)8-6-4-5-7-9(8)14-12/h4-7H,1-3H3. The molecule has 0 aliphatic heterocycles. The van der Waals surface area contributed by atoms with E-state index in [4.69, 9.17) is 0 Å². The number of fused-ring (bicyclic) bond motifs is 1. The van der Waals surface area contributed by atoms with Gasteiger partial charge < -0.3 is 0 Å². The van der Waals surface area contributed by atoms with Crippen LogP contribution >= 0.6 is 0 Å². The fourth-order valence-corrected chi connectivity index (χ4v) is 3.61. The van der Waals surface area contributed by atoms with Crippen LogP contribution in [0.1, 0.15) is 20.8 Å². The van der Waals surface area contributed by atoms with Crippen LogP contribution in [0.15, 0.2) is 29.1 Å². The van der Waals surface area contributed by atoms with Gasteiger partial charge >= 0.3 is 88.9 Å². The maximum atomic E-state index is 12.0. The van der Waals surface area contributed by atoms with Crippen molar-refractivity contribution in [3.63, 3.8) is 0 Å². The quantitative estimate of drug-likeness (QED) is 0.657. The molecule has 1 aromatic heterocycles. The van der Waals surface area contributed by atoms with Crippen molar-refractivity contribution in [3.8, 4) is 0 Å². The first kappa shape index (κ1) is 9.75. The van der Waals surface area contributed by atoms with E-state index in [1.165, 1.54) is 4.26 Å². The first-order chi connectivity index (χ1) is 6.50. The van der Waals surface area contributed by atoms with E-state index in [0.717, 1.165) is 5.39 Å². The number of nitrogens with zero attached hydrogens (tertiary/aromatic N) is 1. The molecule has 74 valence electrons. The molecule has 0 N–H and O–H groups in total. The van der Waals surface area contributed by atoms with Crippen molar-refractivity contribution in [2.24, 2.45) is 0 Å². The summed E-state index contributed by atoms with van der Waals surface area (Å²) in [5.41, 5.74) is 0.129. The molecule has 2 rings (SSSR count). The number of rotatable bonds is 0. The Morgan fingerprint density at radius 2 is 1.86 bits per heavy atom. The Balaban J connectivity index is 2.82. The van der Waals surface area contributed by atoms with Crippen LogP contribution in [0.25, 0.3) is 9.65 Å². The van der Waals surface area contributed by atoms with Gasteiger partial charge in [-0.05, 0) is 0 Å². The van der Waals surface area contributed by atoms with E-state index in [1.54, 1.807) is 0 Å². The second kappa shape index (κ2) is 3.11. The van der Waals surface area contributed by atoms with Gasteiger partial charge in [-0.1, -0.05) is 0 Å². The fourth-order valence-electron chi connectivity index (χ4n) is 1.41. The summed E-state index contributed by atoms with van der Waals surface area (Å²) in [5.74, 6) is 0. The number of hydrogen-bond donors (Lipinski definition) is 0. The van der Waals surface area contributed by atoms with E-state index in [0.29, 0.717) is 0 Å². The van der Waals surface area contributed by atoms with Crippen LogP contribution in [-0.2, 0) is 5.54 Å². The van der Waals surface area contributed by atoms with Gasteiger partial charge in [-0.2, -0.15) is 0 Å². The molecular weight excluding hydrogens is 241 g/mol. The van der Waals surface area contributed by atoms with Gasteiger partial charge in [-0.15, -0.1) is 0 Å². The average Bonchev–Trinajstić information content (AvgIpc) is 2.44. The maximum absolute atomic E-state index is 12.0. The third kappa shape index (κ3) is 1.47. The first-order valence-corrected chi connectivity index (χ1v) is 6.24. The molecule has 0 aliphatic carbocycles. The van der Waals surface area contributed by atoms with Crippen molar-refractivity contribution >= 4 is 24.4 Å². The van der Waals surface area contributed by atoms with E-state index in [2.05, 4.69) is 26.8 Å². The van der Waals surface area contributed by atoms with Crippen molar-refractivity contribution in [2.75, 3.05) is 0 Å². The summed E-state index contributed by atoms with van der Waals surface area (Å²) in [6, 6.07) is 7.91. The Morgan fingerprint density at radius 1 is 1.21 bits per heavy atom. The zero-order valence-electron chi connectivity index (χ0n) is 8.57. The number of aromatic nitrogens is 1. The van der Waals surface area contributed by atoms with E-state index < -0.39 is 0 Å². The topological polar surface area (TPSA) is 22.0 Å². The molecule has 2 nitrogen and oxygen atoms in total. The van der Waals surface area contributed by atoms with E-state index >= 15 is 0 Å². The second-order valence-electron chi connectivity index (χ2n) is 4.36. The summed E-state index contributed by atoms with van der Waals surface area (Å²) in [6.07, 6.45) is 0. The minimum atomic E-state index is -0.0594. The summed E-state index contributed by atoms with van der Waals surface area (Å²) in [5, 5.41) is 0.891. The van der Waals surface area contributed by atoms with Crippen LogP contribution in [0.2, 0.25) is 0 Å². The number of benzene rings is 1. The molecule has 0 radical (unpaired) electrons. The van der Waals surface area contributed by atoms with Gasteiger partial charge in [0.15, 0.2) is 0 Å². The molecule has 3 heteroatoms. The van der Waals surface area contributed by atoms with Crippen LogP contribution in [0, 0.1) is 0 Å². The molecule has 2 aromatic rings. The Morgan fingerprint density at radius 3 is 2.43 bits per heavy atom. The first-order valence-electron chi connectivity index (χ1n) is 4.62. The summed E-state index contributed by atoms with van der Waals surface area (Å²) >= 11 is 0.159. The predicted octanol–water partition coefficient (Wildman–Crippen LogP) is 1.81. The van der Waals surface area contributed by atoms with E-state index in [9.17, 15) is 4.79 Å². The van der Waals surface area contributed by atoms with E-state index in [-0.39, 0.29) is 25.8 Å². The third-order valence-corrected chi connectivity index (χ3v) is 5.14. The van der Waals surface area contributed by atoms with Crippen LogP contribution in [0.5, 0.6) is 0 Å². The number of hydrogen-bond acceptors (Lipinski definition) is 1. The van der Waals surface area contributed by atoms with Gasteiger partial charge in [0.1, 0.15) is 0 Å². The normalized spacial score (nSPS) is 12.2. The molecule has 0 spiro atoms. The summed E-state index contributed by atoms with van der Waals surface area (Å²) in [4.78, 5) is 12.0. The fraction of sp³-hybridized carbons (Fsp3) is 0.364. The van der Waals surface area contributed by atoms with Gasteiger partial charge in [-0.25, -0.2) is 0 Å². The molecule has 0 saturated carbocycles. The molecule has 0 bridgehead atoms. The monoisotopic (exact) mass is 255 g/mol. The van der Waals surface area contributed by atoms with Crippen molar-refractivity contribution in [2.45, 2.75) is 26.3 Å². The third-order valence-electron chi connectivity index (χ3n) is 2.10. The van der Waals surface area contributed by atoms with Crippen molar-refractivity contribution < 1.29 is 0 Å². The molecule has 0 aliphatic rings. The summed E-state index contributed by atoms with van der Waals surface area (Å²) < 4.78 is 3.19. The Hall–Kier alpha value is -0.791. The van der Waals surface area contributed by atoms with Crippen molar-refractivity contribution in [1.29, 1.82) is 0 Å². The predicted molar refractivity (Wildman–Crippen MR) is 60.1 cm³/mol. The van der Waals surface area contributed by atoms with Gasteiger partial charge in [0.2, 0.25) is 0 Å². The molecule has 1 heterocycles. The molecule has 0 fully saturated rings. The second-order valence-corrected chi connectivity index (χ2v) is 6.43. The Labute approximate surface area is 89.1 Å². The van der Waals surface area contributed by atoms with Crippen LogP contribution in [0.3, 0.4) is 0 Å². The molecule has 0 amide bonds. The molecule has 14 heavy (non-hydrogen) atoms. The Kier molecular flexibility index (Phi) is 2.17. The van der Waals surface area contributed by atoms with Crippen LogP contribution < -0.4 is 5.56 Å². The van der Waals surface area contributed by atoms with Crippen molar-refractivity contribution in [3.05, 3.63) is 34.6 Å². The average molecular weight is 254 g/mol. The van der Waals surface area contributed by atoms with E-state index in [1.807, 2.05) is 21.8 Å². The van der Waals surface area contributed by atoms with Crippen LogP contribution in [0.4, 0.5) is 0 Å². The molecule has 0 saturated heterocycles. The van der Waals surface area contributed by atoms with Gasteiger partial charge in [0.05, 0.1) is 0 Å². The zero-order chi connectivity index (χ0) is 10.3. The summed E-state index contributed by atoms with van der Waals surface area (Å²) in [6.45, 7) is 6.25. The summed E-state index contributed by atoms with van der Waals surface area (Å²) in [7, 11) is 0. The zero-order valence-corrected chi connectivity index (χ0v) is 10.3. The molecule has 0 atom stereocenters. The van der Waals surface area contributed by atoms with Gasteiger partial charge in [0, 0.05) is 0 Å².